The SMILES string of the molecule is CC(C)Sc1ccc(CC(=O)NCc2ccnc(-c3cccs3)c2)cc1. The summed E-state index contributed by atoms with van der Waals surface area (Å²) >= 11 is 3.49. The van der Waals surface area contributed by atoms with Gasteiger partial charge in [-0.15, -0.1) is 23.1 Å². The Balaban J connectivity index is 1.53. The Labute approximate surface area is 162 Å². The Hall–Kier alpha value is -2.11. The van der Waals surface area contributed by atoms with Crippen LogP contribution in [0.3, 0.4) is 0 Å². The molecule has 2 heterocycles. The molecule has 0 aliphatic rings. The fourth-order valence-electron chi connectivity index (χ4n) is 2.55. The lowest BCUT2D eigenvalue weighted by Crippen LogP contribution is -2.24. The summed E-state index contributed by atoms with van der Waals surface area (Å²) in [7, 11) is 0. The van der Waals surface area contributed by atoms with E-state index in [9.17, 15) is 4.79 Å². The predicted octanol–water partition coefficient (Wildman–Crippen LogP) is 5.17. The third-order valence-corrected chi connectivity index (χ3v) is 5.66. The van der Waals surface area contributed by atoms with Crippen molar-refractivity contribution in [3.63, 3.8) is 0 Å². The van der Waals surface area contributed by atoms with Gasteiger partial charge in [0.1, 0.15) is 0 Å². The van der Waals surface area contributed by atoms with Crippen LogP contribution >= 0.6 is 23.1 Å². The van der Waals surface area contributed by atoms with Gasteiger partial charge in [0.05, 0.1) is 17.0 Å². The molecule has 134 valence electrons. The minimum atomic E-state index is 0.0312. The number of nitrogens with zero attached hydrogens (tertiary/aromatic N) is 1. The number of rotatable bonds is 7. The van der Waals surface area contributed by atoms with Crippen molar-refractivity contribution in [2.75, 3.05) is 0 Å². The van der Waals surface area contributed by atoms with E-state index in [0.29, 0.717) is 18.2 Å². The number of hydrogen-bond acceptors (Lipinski definition) is 4. The molecule has 3 nitrogen and oxygen atoms in total. The second-order valence-corrected chi connectivity index (χ2v) is 8.89. The largest absolute Gasteiger partial charge is 0.352 e. The molecule has 0 fully saturated rings. The van der Waals surface area contributed by atoms with E-state index < -0.39 is 0 Å². The minimum absolute atomic E-state index is 0.0312. The molecule has 0 spiro atoms. The normalized spacial score (nSPS) is 10.9. The van der Waals surface area contributed by atoms with Gasteiger partial charge < -0.3 is 5.32 Å². The highest BCUT2D eigenvalue weighted by Gasteiger charge is 2.06. The van der Waals surface area contributed by atoms with Gasteiger partial charge in [-0.2, -0.15) is 0 Å². The molecule has 1 aromatic carbocycles. The quantitative estimate of drug-likeness (QED) is 0.573. The molecule has 1 amide bonds. The Morgan fingerprint density at radius 2 is 1.96 bits per heavy atom. The molecule has 0 saturated carbocycles. The van der Waals surface area contributed by atoms with Crippen molar-refractivity contribution in [1.29, 1.82) is 0 Å². The van der Waals surface area contributed by atoms with E-state index in [4.69, 9.17) is 0 Å². The Morgan fingerprint density at radius 3 is 2.65 bits per heavy atom. The van der Waals surface area contributed by atoms with Crippen LogP contribution in [0.1, 0.15) is 25.0 Å². The number of aromatic nitrogens is 1. The molecule has 1 N–H and O–H groups in total. The van der Waals surface area contributed by atoms with Gasteiger partial charge in [0.15, 0.2) is 0 Å². The molecule has 0 saturated heterocycles. The standard InChI is InChI=1S/C21H22N2OS2/c1-15(2)26-18-7-5-16(6-8-18)13-21(24)23-14-17-9-10-22-19(12-17)20-4-3-11-25-20/h3-12,15H,13-14H2,1-2H3,(H,23,24). The number of thioether (sulfide) groups is 1. The average molecular weight is 383 g/mol. The molecule has 2 aromatic heterocycles. The van der Waals surface area contributed by atoms with E-state index >= 15 is 0 Å². The van der Waals surface area contributed by atoms with E-state index in [-0.39, 0.29) is 5.91 Å². The molecular weight excluding hydrogens is 360 g/mol. The summed E-state index contributed by atoms with van der Waals surface area (Å²) < 4.78 is 0. The van der Waals surface area contributed by atoms with Crippen LogP contribution in [0.2, 0.25) is 0 Å². The fourth-order valence-corrected chi connectivity index (χ4v) is 4.08. The number of hydrogen-bond donors (Lipinski definition) is 1. The number of thiophene rings is 1. The van der Waals surface area contributed by atoms with Crippen molar-refractivity contribution in [2.45, 2.75) is 37.0 Å². The first kappa shape index (κ1) is 18.7. The zero-order valence-corrected chi connectivity index (χ0v) is 16.6. The number of amides is 1. The van der Waals surface area contributed by atoms with Crippen molar-refractivity contribution in [3.8, 4) is 10.6 Å². The molecule has 0 atom stereocenters. The van der Waals surface area contributed by atoms with Crippen LogP contribution in [0.15, 0.2) is 65.0 Å². The third-order valence-electron chi connectivity index (χ3n) is 3.75. The summed E-state index contributed by atoms with van der Waals surface area (Å²) in [5.41, 5.74) is 3.04. The molecule has 0 aliphatic heterocycles. The highest BCUT2D eigenvalue weighted by Crippen LogP contribution is 2.24. The lowest BCUT2D eigenvalue weighted by Gasteiger charge is -2.08. The number of nitrogens with one attached hydrogen (secondary N) is 1. The molecule has 0 aliphatic carbocycles. The van der Waals surface area contributed by atoms with Gasteiger partial charge in [-0.3, -0.25) is 9.78 Å². The maximum Gasteiger partial charge on any atom is 0.224 e. The molecule has 0 unspecified atom stereocenters. The van der Waals surface area contributed by atoms with Crippen LogP contribution in [0, 0.1) is 0 Å². The van der Waals surface area contributed by atoms with E-state index in [0.717, 1.165) is 21.7 Å². The van der Waals surface area contributed by atoms with Gasteiger partial charge in [-0.05, 0) is 46.8 Å². The second kappa shape index (κ2) is 9.01. The predicted molar refractivity (Wildman–Crippen MR) is 111 cm³/mol. The zero-order valence-electron chi connectivity index (χ0n) is 14.9. The van der Waals surface area contributed by atoms with Crippen LogP contribution in [-0.2, 0) is 17.8 Å². The zero-order chi connectivity index (χ0) is 18.4. The molecule has 3 aromatic rings. The van der Waals surface area contributed by atoms with Crippen LogP contribution in [0.25, 0.3) is 10.6 Å². The summed E-state index contributed by atoms with van der Waals surface area (Å²) in [6, 6.07) is 16.3. The van der Waals surface area contributed by atoms with Crippen molar-refractivity contribution < 1.29 is 4.79 Å². The number of pyridine rings is 1. The number of benzene rings is 1. The molecule has 26 heavy (non-hydrogen) atoms. The number of carbonyl (C=O) groups excluding carboxylic acids is 1. The Kier molecular flexibility index (Phi) is 6.47. The summed E-state index contributed by atoms with van der Waals surface area (Å²) in [6.07, 6.45) is 2.19. The van der Waals surface area contributed by atoms with Crippen LogP contribution < -0.4 is 5.32 Å². The summed E-state index contributed by atoms with van der Waals surface area (Å²) in [4.78, 5) is 19.0. The lowest BCUT2D eigenvalue weighted by atomic mass is 10.1. The summed E-state index contributed by atoms with van der Waals surface area (Å²) in [6.45, 7) is 4.87. The van der Waals surface area contributed by atoms with E-state index in [1.54, 1.807) is 17.5 Å². The van der Waals surface area contributed by atoms with Crippen molar-refractivity contribution in [2.24, 2.45) is 0 Å². The van der Waals surface area contributed by atoms with Crippen molar-refractivity contribution in [3.05, 3.63) is 71.2 Å². The summed E-state index contributed by atoms with van der Waals surface area (Å²) in [5.74, 6) is 0.0312. The van der Waals surface area contributed by atoms with Crippen LogP contribution in [0.5, 0.6) is 0 Å². The van der Waals surface area contributed by atoms with Crippen LogP contribution in [-0.4, -0.2) is 16.1 Å². The Morgan fingerprint density at radius 1 is 1.15 bits per heavy atom. The van der Waals surface area contributed by atoms with Crippen molar-refractivity contribution in [1.82, 2.24) is 10.3 Å². The molecule has 0 radical (unpaired) electrons. The third kappa shape index (κ3) is 5.44. The van der Waals surface area contributed by atoms with Gasteiger partial charge in [-0.25, -0.2) is 0 Å². The highest BCUT2D eigenvalue weighted by molar-refractivity contribution is 7.99. The molecule has 3 rings (SSSR count). The second-order valence-electron chi connectivity index (χ2n) is 6.29. The fraction of sp³-hybridized carbons (Fsp3) is 0.238. The van der Waals surface area contributed by atoms with Crippen molar-refractivity contribution >= 4 is 29.0 Å². The maximum absolute atomic E-state index is 12.2. The van der Waals surface area contributed by atoms with E-state index in [2.05, 4.69) is 42.3 Å². The smallest absolute Gasteiger partial charge is 0.224 e. The van der Waals surface area contributed by atoms with Gasteiger partial charge in [0.25, 0.3) is 0 Å². The monoisotopic (exact) mass is 382 g/mol. The topological polar surface area (TPSA) is 42.0 Å². The highest BCUT2D eigenvalue weighted by atomic mass is 32.2. The summed E-state index contributed by atoms with van der Waals surface area (Å²) in [5, 5.41) is 5.60. The average Bonchev–Trinajstić information content (AvgIpc) is 3.16. The van der Waals surface area contributed by atoms with Crippen LogP contribution in [0.4, 0.5) is 0 Å². The van der Waals surface area contributed by atoms with Gasteiger partial charge in [0.2, 0.25) is 5.91 Å². The van der Waals surface area contributed by atoms with E-state index in [1.165, 1.54) is 4.90 Å². The van der Waals surface area contributed by atoms with Gasteiger partial charge in [-0.1, -0.05) is 32.0 Å². The minimum Gasteiger partial charge on any atom is -0.352 e. The first-order valence-corrected chi connectivity index (χ1v) is 10.4. The Bertz CT molecular complexity index is 843. The maximum atomic E-state index is 12.2. The van der Waals surface area contributed by atoms with Gasteiger partial charge in [0, 0.05) is 22.9 Å². The number of carbonyl (C=O) groups is 1. The first-order chi connectivity index (χ1) is 12.6. The first-order valence-electron chi connectivity index (χ1n) is 8.61. The molecular formula is C21H22N2OS2. The van der Waals surface area contributed by atoms with Gasteiger partial charge >= 0.3 is 0 Å². The lowest BCUT2D eigenvalue weighted by molar-refractivity contribution is -0.120. The molecule has 0 bridgehead atoms. The van der Waals surface area contributed by atoms with E-state index in [1.807, 2.05) is 47.5 Å². The molecule has 5 heteroatoms.